The zero-order chi connectivity index (χ0) is 21.5. The normalized spacial score (nSPS) is 16.2. The lowest BCUT2D eigenvalue weighted by molar-refractivity contribution is -0.120. The van der Waals surface area contributed by atoms with Crippen molar-refractivity contribution in [2.45, 2.75) is 26.8 Å². The van der Waals surface area contributed by atoms with Gasteiger partial charge in [-0.1, -0.05) is 60.7 Å². The third-order valence-electron chi connectivity index (χ3n) is 6.32. The van der Waals surface area contributed by atoms with Gasteiger partial charge >= 0.3 is 0 Å². The van der Waals surface area contributed by atoms with Crippen LogP contribution in [0.5, 0.6) is 0 Å². The van der Waals surface area contributed by atoms with E-state index in [-0.39, 0.29) is 11.8 Å². The van der Waals surface area contributed by atoms with Crippen LogP contribution in [0.4, 0.5) is 5.69 Å². The summed E-state index contributed by atoms with van der Waals surface area (Å²) in [6.45, 7) is 5.36. The van der Waals surface area contributed by atoms with E-state index in [4.69, 9.17) is 0 Å². The van der Waals surface area contributed by atoms with Gasteiger partial charge in [0.05, 0.1) is 11.3 Å². The van der Waals surface area contributed by atoms with Crippen molar-refractivity contribution in [1.29, 1.82) is 0 Å². The summed E-state index contributed by atoms with van der Waals surface area (Å²) in [4.78, 5) is 30.8. The highest BCUT2D eigenvalue weighted by molar-refractivity contribution is 6.45. The van der Waals surface area contributed by atoms with Crippen LogP contribution >= 0.6 is 0 Å². The van der Waals surface area contributed by atoms with Crippen LogP contribution in [0.1, 0.15) is 27.8 Å². The van der Waals surface area contributed by atoms with Crippen molar-refractivity contribution < 1.29 is 9.59 Å². The molecule has 0 spiro atoms. The van der Waals surface area contributed by atoms with Gasteiger partial charge in [0, 0.05) is 13.1 Å². The van der Waals surface area contributed by atoms with Crippen LogP contribution < -0.4 is 4.90 Å². The molecule has 0 bridgehead atoms. The molecule has 2 heterocycles. The average molecular weight is 409 g/mol. The van der Waals surface area contributed by atoms with Gasteiger partial charge in [-0.05, 0) is 60.2 Å². The third kappa shape index (κ3) is 3.25. The van der Waals surface area contributed by atoms with Gasteiger partial charge in [-0.15, -0.1) is 0 Å². The molecule has 0 aromatic heterocycles. The van der Waals surface area contributed by atoms with Crippen LogP contribution in [-0.2, 0) is 22.6 Å². The summed E-state index contributed by atoms with van der Waals surface area (Å²) in [5.41, 5.74) is 7.10. The van der Waals surface area contributed by atoms with E-state index in [9.17, 15) is 9.59 Å². The third-order valence-corrected chi connectivity index (χ3v) is 6.32. The Morgan fingerprint density at radius 3 is 2.19 bits per heavy atom. The van der Waals surface area contributed by atoms with Crippen molar-refractivity contribution in [3.05, 3.63) is 106 Å². The molecule has 0 unspecified atom stereocenters. The number of carbonyl (C=O) groups is 2. The number of anilines is 1. The van der Waals surface area contributed by atoms with Crippen LogP contribution in [0.2, 0.25) is 0 Å². The summed E-state index contributed by atoms with van der Waals surface area (Å²) in [5, 5.41) is 0. The van der Waals surface area contributed by atoms with Crippen LogP contribution in [-0.4, -0.2) is 23.3 Å². The second kappa shape index (κ2) is 7.55. The molecule has 154 valence electrons. The number of rotatable bonds is 3. The molecule has 4 nitrogen and oxygen atoms in total. The molecule has 3 aromatic rings. The van der Waals surface area contributed by atoms with Crippen LogP contribution in [0.3, 0.4) is 0 Å². The van der Waals surface area contributed by atoms with E-state index < -0.39 is 0 Å². The van der Waals surface area contributed by atoms with Gasteiger partial charge in [0.1, 0.15) is 5.70 Å². The van der Waals surface area contributed by atoms with Gasteiger partial charge < -0.3 is 4.90 Å². The second-order valence-corrected chi connectivity index (χ2v) is 8.24. The molecule has 3 aromatic carbocycles. The Labute approximate surface area is 182 Å². The molecule has 0 N–H and O–H groups in total. The van der Waals surface area contributed by atoms with E-state index in [1.165, 1.54) is 16.0 Å². The fraction of sp³-hybridized carbons (Fsp3) is 0.185. The lowest BCUT2D eigenvalue weighted by atomic mass is 9.98. The smallest absolute Gasteiger partial charge is 0.282 e. The van der Waals surface area contributed by atoms with Gasteiger partial charge in [-0.2, -0.15) is 0 Å². The molecule has 0 atom stereocenters. The summed E-state index contributed by atoms with van der Waals surface area (Å²) in [5.74, 6) is -0.500. The molecular formula is C27H24N2O2. The Morgan fingerprint density at radius 1 is 0.742 bits per heavy atom. The maximum atomic E-state index is 13.7. The number of imide groups is 1. The molecule has 0 fully saturated rings. The Kier molecular flexibility index (Phi) is 4.70. The Balaban J connectivity index is 1.62. The SMILES string of the molecule is Cc1ccc(N2C(=O)C(c3ccccc3)=C(N3CCc4ccccc4C3)C2=O)cc1C. The van der Waals surface area contributed by atoms with E-state index >= 15 is 0 Å². The number of hydrogen-bond acceptors (Lipinski definition) is 3. The number of hydrogen-bond donors (Lipinski definition) is 0. The maximum Gasteiger partial charge on any atom is 0.282 e. The first kappa shape index (κ1) is 19.3. The van der Waals surface area contributed by atoms with E-state index in [1.807, 2.05) is 68.4 Å². The van der Waals surface area contributed by atoms with Crippen LogP contribution in [0.15, 0.2) is 78.5 Å². The first-order chi connectivity index (χ1) is 15.0. The standard InChI is InChI=1S/C27H24N2O2/c1-18-12-13-23(16-19(18)2)29-26(30)24(21-9-4-3-5-10-21)25(27(29)31)28-15-14-20-8-6-7-11-22(20)17-28/h3-13,16H,14-15,17H2,1-2H3. The molecule has 0 saturated carbocycles. The second-order valence-electron chi connectivity index (χ2n) is 8.24. The molecule has 2 amide bonds. The lowest BCUT2D eigenvalue weighted by Gasteiger charge is -2.31. The number of nitrogens with zero attached hydrogens (tertiary/aromatic N) is 2. The predicted octanol–water partition coefficient (Wildman–Crippen LogP) is 4.65. The minimum Gasteiger partial charge on any atom is -0.362 e. The summed E-state index contributed by atoms with van der Waals surface area (Å²) in [7, 11) is 0. The number of aryl methyl sites for hydroxylation is 2. The van der Waals surface area contributed by atoms with Crippen LogP contribution in [0.25, 0.3) is 5.57 Å². The van der Waals surface area contributed by atoms with E-state index in [0.717, 1.165) is 23.1 Å². The Bertz CT molecular complexity index is 1230. The Morgan fingerprint density at radius 2 is 1.45 bits per heavy atom. The highest BCUT2D eigenvalue weighted by atomic mass is 16.2. The average Bonchev–Trinajstić information content (AvgIpc) is 3.06. The molecule has 5 rings (SSSR count). The molecule has 0 radical (unpaired) electrons. The van der Waals surface area contributed by atoms with Crippen molar-refractivity contribution in [3.63, 3.8) is 0 Å². The van der Waals surface area contributed by atoms with Gasteiger partial charge in [0.15, 0.2) is 0 Å². The lowest BCUT2D eigenvalue weighted by Crippen LogP contribution is -2.37. The Hall–Kier alpha value is -3.66. The quantitative estimate of drug-likeness (QED) is 0.593. The molecule has 2 aliphatic heterocycles. The molecule has 0 aliphatic carbocycles. The highest BCUT2D eigenvalue weighted by Gasteiger charge is 2.43. The maximum absolute atomic E-state index is 13.7. The monoisotopic (exact) mass is 408 g/mol. The molecule has 4 heteroatoms. The van der Waals surface area contributed by atoms with Crippen LogP contribution in [0, 0.1) is 13.8 Å². The summed E-state index contributed by atoms with van der Waals surface area (Å²) in [6, 6.07) is 23.6. The fourth-order valence-electron chi connectivity index (χ4n) is 4.46. The van der Waals surface area contributed by atoms with E-state index in [1.54, 1.807) is 0 Å². The van der Waals surface area contributed by atoms with Crippen molar-refractivity contribution >= 4 is 23.1 Å². The molecular weight excluding hydrogens is 384 g/mol. The zero-order valence-corrected chi connectivity index (χ0v) is 17.8. The largest absolute Gasteiger partial charge is 0.362 e. The summed E-state index contributed by atoms with van der Waals surface area (Å²) >= 11 is 0. The molecule has 2 aliphatic rings. The van der Waals surface area contributed by atoms with Crippen molar-refractivity contribution in [1.82, 2.24) is 4.90 Å². The number of amides is 2. The van der Waals surface area contributed by atoms with Gasteiger partial charge in [0.2, 0.25) is 0 Å². The fourth-order valence-corrected chi connectivity index (χ4v) is 4.46. The van der Waals surface area contributed by atoms with Crippen molar-refractivity contribution in [2.75, 3.05) is 11.4 Å². The minimum absolute atomic E-state index is 0.244. The number of benzene rings is 3. The predicted molar refractivity (Wildman–Crippen MR) is 122 cm³/mol. The topological polar surface area (TPSA) is 40.6 Å². The van der Waals surface area contributed by atoms with E-state index in [0.29, 0.717) is 30.0 Å². The number of fused-ring (bicyclic) bond motifs is 1. The van der Waals surface area contributed by atoms with Gasteiger partial charge in [-0.25, -0.2) is 4.90 Å². The van der Waals surface area contributed by atoms with Gasteiger partial charge in [-0.3, -0.25) is 9.59 Å². The first-order valence-corrected chi connectivity index (χ1v) is 10.6. The molecule has 31 heavy (non-hydrogen) atoms. The van der Waals surface area contributed by atoms with Crippen molar-refractivity contribution in [2.24, 2.45) is 0 Å². The number of carbonyl (C=O) groups excluding carboxylic acids is 2. The minimum atomic E-state index is -0.256. The summed E-state index contributed by atoms with van der Waals surface area (Å²) in [6.07, 6.45) is 0.854. The van der Waals surface area contributed by atoms with Crippen molar-refractivity contribution in [3.8, 4) is 0 Å². The zero-order valence-electron chi connectivity index (χ0n) is 17.8. The molecule has 0 saturated heterocycles. The van der Waals surface area contributed by atoms with E-state index in [2.05, 4.69) is 23.1 Å². The first-order valence-electron chi connectivity index (χ1n) is 10.6. The highest BCUT2D eigenvalue weighted by Crippen LogP contribution is 2.37. The van der Waals surface area contributed by atoms with Gasteiger partial charge in [0.25, 0.3) is 11.8 Å². The summed E-state index contributed by atoms with van der Waals surface area (Å²) < 4.78 is 0.